The molecule has 2 aromatic carbocycles. The van der Waals surface area contributed by atoms with E-state index < -0.39 is 6.10 Å². The third-order valence-corrected chi connectivity index (χ3v) is 4.73. The highest BCUT2D eigenvalue weighted by Gasteiger charge is 2.23. The van der Waals surface area contributed by atoms with E-state index in [9.17, 15) is 9.90 Å². The van der Waals surface area contributed by atoms with Gasteiger partial charge in [0, 0.05) is 19.5 Å². The molecule has 5 nitrogen and oxygen atoms in total. The zero-order chi connectivity index (χ0) is 17.6. The van der Waals surface area contributed by atoms with Gasteiger partial charge in [0.15, 0.2) is 0 Å². The van der Waals surface area contributed by atoms with Gasteiger partial charge in [-0.25, -0.2) is 0 Å². The standard InChI is InChI=1S/C20H26N2O3/c21-20(24)10-15-4-3-9-22(12-15)13-18(23)14-25-19-8-7-16-5-1-2-6-17(16)11-19/h1-2,5-8,11,15,18,23H,3-4,9-10,12-14H2,(H2,21,24). The first-order valence-corrected chi connectivity index (χ1v) is 8.90. The Morgan fingerprint density at radius 2 is 2.08 bits per heavy atom. The van der Waals surface area contributed by atoms with Gasteiger partial charge in [0.05, 0.1) is 0 Å². The third-order valence-electron chi connectivity index (χ3n) is 4.73. The first-order chi connectivity index (χ1) is 12.1. The Bertz CT molecular complexity index is 719. The predicted octanol–water partition coefficient (Wildman–Crippen LogP) is 2.17. The zero-order valence-corrected chi connectivity index (χ0v) is 14.4. The number of fused-ring (bicyclic) bond motifs is 1. The highest BCUT2D eigenvalue weighted by Crippen LogP contribution is 2.21. The molecule has 1 aliphatic rings. The summed E-state index contributed by atoms with van der Waals surface area (Å²) in [5.41, 5.74) is 5.29. The van der Waals surface area contributed by atoms with E-state index in [-0.39, 0.29) is 12.5 Å². The van der Waals surface area contributed by atoms with Crippen LogP contribution in [0, 0.1) is 5.92 Å². The predicted molar refractivity (Wildman–Crippen MR) is 98.4 cm³/mol. The molecule has 2 unspecified atom stereocenters. The summed E-state index contributed by atoms with van der Waals surface area (Å²) in [5, 5.41) is 12.6. The summed E-state index contributed by atoms with van der Waals surface area (Å²) in [6.45, 7) is 2.58. The maximum Gasteiger partial charge on any atom is 0.217 e. The van der Waals surface area contributed by atoms with Crippen molar-refractivity contribution in [1.82, 2.24) is 4.90 Å². The molecule has 2 atom stereocenters. The van der Waals surface area contributed by atoms with Gasteiger partial charge in [-0.1, -0.05) is 30.3 Å². The van der Waals surface area contributed by atoms with Crippen LogP contribution in [0.15, 0.2) is 42.5 Å². The lowest BCUT2D eigenvalue weighted by Crippen LogP contribution is -2.42. The first kappa shape index (κ1) is 17.7. The molecule has 1 amide bonds. The normalized spacial score (nSPS) is 19.6. The molecule has 25 heavy (non-hydrogen) atoms. The Balaban J connectivity index is 1.48. The van der Waals surface area contributed by atoms with Crippen LogP contribution >= 0.6 is 0 Å². The number of rotatable bonds is 7. The van der Waals surface area contributed by atoms with Crippen LogP contribution in [0.2, 0.25) is 0 Å². The monoisotopic (exact) mass is 342 g/mol. The van der Waals surface area contributed by atoms with Gasteiger partial charge in [-0.15, -0.1) is 0 Å². The van der Waals surface area contributed by atoms with Gasteiger partial charge < -0.3 is 20.5 Å². The summed E-state index contributed by atoms with van der Waals surface area (Å²) in [7, 11) is 0. The van der Waals surface area contributed by atoms with E-state index >= 15 is 0 Å². The number of aliphatic hydroxyl groups is 1. The first-order valence-electron chi connectivity index (χ1n) is 8.90. The van der Waals surface area contributed by atoms with Crippen LogP contribution in [0.5, 0.6) is 5.75 Å². The Hall–Kier alpha value is -2.11. The van der Waals surface area contributed by atoms with E-state index in [0.29, 0.717) is 18.9 Å². The fraction of sp³-hybridized carbons (Fsp3) is 0.450. The number of benzene rings is 2. The molecule has 0 spiro atoms. The summed E-state index contributed by atoms with van der Waals surface area (Å²) < 4.78 is 5.76. The molecule has 0 aliphatic carbocycles. The topological polar surface area (TPSA) is 75.8 Å². The lowest BCUT2D eigenvalue weighted by Gasteiger charge is -2.33. The highest BCUT2D eigenvalue weighted by molar-refractivity contribution is 5.83. The zero-order valence-electron chi connectivity index (χ0n) is 14.4. The maximum absolute atomic E-state index is 11.1. The van der Waals surface area contributed by atoms with Crippen LogP contribution in [-0.2, 0) is 4.79 Å². The molecule has 3 N–H and O–H groups in total. The molecule has 2 aromatic rings. The summed E-state index contributed by atoms with van der Waals surface area (Å²) in [5.74, 6) is 0.829. The number of aliphatic hydroxyl groups excluding tert-OH is 1. The lowest BCUT2D eigenvalue weighted by atomic mass is 9.94. The quantitative estimate of drug-likeness (QED) is 0.808. The van der Waals surface area contributed by atoms with Gasteiger partial charge >= 0.3 is 0 Å². The van der Waals surface area contributed by atoms with Crippen molar-refractivity contribution in [2.45, 2.75) is 25.4 Å². The van der Waals surface area contributed by atoms with E-state index in [0.717, 1.165) is 37.1 Å². The minimum absolute atomic E-state index is 0.243. The van der Waals surface area contributed by atoms with Gasteiger partial charge in [-0.3, -0.25) is 4.79 Å². The van der Waals surface area contributed by atoms with Crippen molar-refractivity contribution < 1.29 is 14.6 Å². The molecule has 134 valence electrons. The van der Waals surface area contributed by atoms with Crippen molar-refractivity contribution in [3.05, 3.63) is 42.5 Å². The Morgan fingerprint density at radius 3 is 2.88 bits per heavy atom. The fourth-order valence-corrected chi connectivity index (χ4v) is 3.57. The second-order valence-electron chi connectivity index (χ2n) is 6.91. The van der Waals surface area contributed by atoms with Crippen molar-refractivity contribution in [3.63, 3.8) is 0 Å². The second kappa shape index (κ2) is 8.32. The number of carbonyl (C=O) groups is 1. The summed E-state index contributed by atoms with van der Waals surface area (Å²) in [4.78, 5) is 13.3. The molecule has 5 heteroatoms. The third kappa shape index (κ3) is 5.18. The van der Waals surface area contributed by atoms with Gasteiger partial charge in [0.1, 0.15) is 18.5 Å². The maximum atomic E-state index is 11.1. The summed E-state index contributed by atoms with van der Waals surface area (Å²) in [6.07, 6.45) is 1.94. The van der Waals surface area contributed by atoms with Gasteiger partial charge in [0.25, 0.3) is 0 Å². The molecule has 0 saturated carbocycles. The van der Waals surface area contributed by atoms with E-state index in [1.165, 1.54) is 5.39 Å². The van der Waals surface area contributed by atoms with Crippen LogP contribution < -0.4 is 10.5 Å². The van der Waals surface area contributed by atoms with Crippen molar-refractivity contribution in [2.75, 3.05) is 26.2 Å². The number of β-amino-alcohol motifs (C(OH)–C–C–N with tert-alkyl or cyclic N) is 1. The molecular formula is C20H26N2O3. The molecule has 3 rings (SSSR count). The van der Waals surface area contributed by atoms with Crippen LogP contribution in [0.3, 0.4) is 0 Å². The Morgan fingerprint density at radius 1 is 1.28 bits per heavy atom. The number of carbonyl (C=O) groups excluding carboxylic acids is 1. The number of piperidine rings is 1. The number of hydrogen-bond acceptors (Lipinski definition) is 4. The van der Waals surface area contributed by atoms with Crippen molar-refractivity contribution in [3.8, 4) is 5.75 Å². The van der Waals surface area contributed by atoms with Gasteiger partial charge in [-0.2, -0.15) is 0 Å². The summed E-state index contributed by atoms with van der Waals surface area (Å²) in [6, 6.07) is 14.1. The molecule has 0 bridgehead atoms. The average molecular weight is 342 g/mol. The van der Waals surface area contributed by atoms with Crippen LogP contribution in [0.25, 0.3) is 10.8 Å². The molecule has 0 aromatic heterocycles. The number of amides is 1. The molecule has 1 aliphatic heterocycles. The van der Waals surface area contributed by atoms with Gasteiger partial charge in [0.2, 0.25) is 5.91 Å². The number of nitrogens with two attached hydrogens (primary N) is 1. The van der Waals surface area contributed by atoms with Crippen molar-refractivity contribution >= 4 is 16.7 Å². The van der Waals surface area contributed by atoms with Crippen LogP contribution in [-0.4, -0.2) is 48.3 Å². The van der Waals surface area contributed by atoms with Crippen LogP contribution in [0.4, 0.5) is 0 Å². The molecule has 1 heterocycles. The van der Waals surface area contributed by atoms with E-state index in [1.807, 2.05) is 36.4 Å². The van der Waals surface area contributed by atoms with Crippen molar-refractivity contribution in [1.29, 1.82) is 0 Å². The smallest absolute Gasteiger partial charge is 0.217 e. The number of hydrogen-bond donors (Lipinski definition) is 2. The van der Waals surface area contributed by atoms with E-state index in [1.54, 1.807) is 0 Å². The molecule has 1 saturated heterocycles. The minimum atomic E-state index is -0.557. The molecular weight excluding hydrogens is 316 g/mol. The number of ether oxygens (including phenoxy) is 1. The molecule has 1 fully saturated rings. The molecule has 0 radical (unpaired) electrons. The number of nitrogens with zero attached hydrogens (tertiary/aromatic N) is 1. The second-order valence-corrected chi connectivity index (χ2v) is 6.91. The Kier molecular flexibility index (Phi) is 5.89. The fourth-order valence-electron chi connectivity index (χ4n) is 3.57. The van der Waals surface area contributed by atoms with E-state index in [2.05, 4.69) is 11.0 Å². The summed E-state index contributed by atoms with van der Waals surface area (Å²) >= 11 is 0. The number of primary amides is 1. The Labute approximate surface area is 148 Å². The average Bonchev–Trinajstić information content (AvgIpc) is 2.59. The van der Waals surface area contributed by atoms with Gasteiger partial charge in [-0.05, 0) is 48.2 Å². The van der Waals surface area contributed by atoms with E-state index in [4.69, 9.17) is 10.5 Å². The highest BCUT2D eigenvalue weighted by atomic mass is 16.5. The lowest BCUT2D eigenvalue weighted by molar-refractivity contribution is -0.119. The van der Waals surface area contributed by atoms with Crippen molar-refractivity contribution in [2.24, 2.45) is 11.7 Å². The minimum Gasteiger partial charge on any atom is -0.491 e. The number of likely N-dealkylation sites (tertiary alicyclic amines) is 1. The largest absolute Gasteiger partial charge is 0.491 e. The van der Waals surface area contributed by atoms with Crippen LogP contribution in [0.1, 0.15) is 19.3 Å². The SMILES string of the molecule is NC(=O)CC1CCCN(CC(O)COc2ccc3ccccc3c2)C1.